The highest BCUT2D eigenvalue weighted by Gasteiger charge is 2.23. The summed E-state index contributed by atoms with van der Waals surface area (Å²) in [6.45, 7) is 8.47. The molecule has 1 aliphatic rings. The molecule has 0 unspecified atom stereocenters. The van der Waals surface area contributed by atoms with Crippen LogP contribution in [0, 0.1) is 13.8 Å². The minimum absolute atomic E-state index is 0.0637. The van der Waals surface area contributed by atoms with Crippen LogP contribution in [0.15, 0.2) is 18.2 Å². The molecule has 0 aromatic heterocycles. The standard InChI is InChI=1S/C13H16ClN/c1-8-5-10-11(14)7-13(3,4)15-12(10)6-9(8)2/h5-7,15H,1-4H3. The van der Waals surface area contributed by atoms with Crippen LogP contribution in [0.2, 0.25) is 0 Å². The van der Waals surface area contributed by atoms with Crippen LogP contribution in [0.4, 0.5) is 5.69 Å². The summed E-state index contributed by atoms with van der Waals surface area (Å²) >= 11 is 6.28. The molecule has 1 N–H and O–H groups in total. The first-order valence-electron chi connectivity index (χ1n) is 5.17. The first-order chi connectivity index (χ1) is 6.89. The van der Waals surface area contributed by atoms with Crippen LogP contribution in [-0.4, -0.2) is 5.54 Å². The van der Waals surface area contributed by atoms with Crippen molar-refractivity contribution < 1.29 is 0 Å². The Kier molecular flexibility index (Phi) is 2.31. The molecule has 0 spiro atoms. The first-order valence-corrected chi connectivity index (χ1v) is 5.55. The van der Waals surface area contributed by atoms with Gasteiger partial charge in [0.2, 0.25) is 0 Å². The summed E-state index contributed by atoms with van der Waals surface area (Å²) in [5.74, 6) is 0. The predicted molar refractivity (Wildman–Crippen MR) is 67.4 cm³/mol. The smallest absolute Gasteiger partial charge is 0.0517 e. The van der Waals surface area contributed by atoms with Crippen molar-refractivity contribution in [3.05, 3.63) is 34.9 Å². The summed E-state index contributed by atoms with van der Waals surface area (Å²) in [6, 6.07) is 4.31. The average Bonchev–Trinajstić information content (AvgIpc) is 2.07. The Hall–Kier alpha value is -0.950. The number of hydrogen-bond acceptors (Lipinski definition) is 1. The van der Waals surface area contributed by atoms with E-state index in [4.69, 9.17) is 11.6 Å². The number of nitrogens with one attached hydrogen (secondary N) is 1. The van der Waals surface area contributed by atoms with Crippen LogP contribution in [0.3, 0.4) is 0 Å². The van der Waals surface area contributed by atoms with Crippen LogP contribution >= 0.6 is 11.6 Å². The first kappa shape index (κ1) is 10.6. The van der Waals surface area contributed by atoms with Gasteiger partial charge in [0.1, 0.15) is 0 Å². The second-order valence-corrected chi connectivity index (χ2v) is 5.23. The maximum Gasteiger partial charge on any atom is 0.0517 e. The fourth-order valence-electron chi connectivity index (χ4n) is 1.89. The lowest BCUT2D eigenvalue weighted by atomic mass is 9.94. The van der Waals surface area contributed by atoms with Gasteiger partial charge in [-0.05, 0) is 57.0 Å². The third-order valence-corrected chi connectivity index (χ3v) is 3.15. The van der Waals surface area contributed by atoms with Crippen molar-refractivity contribution >= 4 is 22.3 Å². The molecule has 80 valence electrons. The summed E-state index contributed by atoms with van der Waals surface area (Å²) in [5, 5.41) is 4.32. The summed E-state index contributed by atoms with van der Waals surface area (Å²) in [4.78, 5) is 0. The van der Waals surface area contributed by atoms with E-state index in [1.54, 1.807) is 0 Å². The number of rotatable bonds is 0. The highest BCUT2D eigenvalue weighted by molar-refractivity contribution is 6.49. The van der Waals surface area contributed by atoms with Crippen molar-refractivity contribution in [3.8, 4) is 0 Å². The van der Waals surface area contributed by atoms with E-state index in [0.29, 0.717) is 0 Å². The van der Waals surface area contributed by atoms with Crippen molar-refractivity contribution in [2.75, 3.05) is 5.32 Å². The molecule has 0 amide bonds. The van der Waals surface area contributed by atoms with Gasteiger partial charge in [-0.25, -0.2) is 0 Å². The van der Waals surface area contributed by atoms with Gasteiger partial charge < -0.3 is 5.32 Å². The topological polar surface area (TPSA) is 12.0 Å². The molecule has 15 heavy (non-hydrogen) atoms. The number of hydrogen-bond donors (Lipinski definition) is 1. The Labute approximate surface area is 96.1 Å². The van der Waals surface area contributed by atoms with Gasteiger partial charge in [-0.1, -0.05) is 11.6 Å². The normalized spacial score (nSPS) is 17.8. The van der Waals surface area contributed by atoms with Crippen LogP contribution in [0.1, 0.15) is 30.5 Å². The maximum absolute atomic E-state index is 6.28. The van der Waals surface area contributed by atoms with Gasteiger partial charge >= 0.3 is 0 Å². The van der Waals surface area contributed by atoms with Crippen molar-refractivity contribution in [1.29, 1.82) is 0 Å². The highest BCUT2D eigenvalue weighted by atomic mass is 35.5. The minimum atomic E-state index is -0.0637. The molecule has 1 heterocycles. The fraction of sp³-hybridized carbons (Fsp3) is 0.385. The molecule has 0 aliphatic carbocycles. The molecule has 1 aromatic carbocycles. The van der Waals surface area contributed by atoms with E-state index in [0.717, 1.165) is 16.3 Å². The molecule has 0 fully saturated rings. The average molecular weight is 222 g/mol. The van der Waals surface area contributed by atoms with Crippen molar-refractivity contribution in [2.24, 2.45) is 0 Å². The number of fused-ring (bicyclic) bond motifs is 1. The molecular formula is C13H16ClN. The zero-order valence-corrected chi connectivity index (χ0v) is 10.4. The van der Waals surface area contributed by atoms with E-state index in [2.05, 4.69) is 51.2 Å². The zero-order chi connectivity index (χ0) is 11.2. The van der Waals surface area contributed by atoms with Gasteiger partial charge in [-0.15, -0.1) is 0 Å². The van der Waals surface area contributed by atoms with E-state index in [-0.39, 0.29) is 5.54 Å². The number of benzene rings is 1. The highest BCUT2D eigenvalue weighted by Crippen LogP contribution is 2.37. The Balaban J connectivity index is 2.61. The predicted octanol–water partition coefficient (Wildman–Crippen LogP) is 4.09. The molecule has 2 rings (SSSR count). The lowest BCUT2D eigenvalue weighted by Crippen LogP contribution is -2.31. The van der Waals surface area contributed by atoms with Crippen molar-refractivity contribution in [1.82, 2.24) is 0 Å². The molecule has 2 heteroatoms. The van der Waals surface area contributed by atoms with Crippen molar-refractivity contribution in [3.63, 3.8) is 0 Å². The van der Waals surface area contributed by atoms with Gasteiger partial charge in [-0.3, -0.25) is 0 Å². The van der Waals surface area contributed by atoms with Gasteiger partial charge in [0.15, 0.2) is 0 Å². The van der Waals surface area contributed by atoms with Crippen molar-refractivity contribution in [2.45, 2.75) is 33.2 Å². The third kappa shape index (κ3) is 1.89. The van der Waals surface area contributed by atoms with Crippen LogP contribution in [0.25, 0.3) is 5.03 Å². The zero-order valence-electron chi connectivity index (χ0n) is 9.61. The van der Waals surface area contributed by atoms with E-state index < -0.39 is 0 Å². The van der Waals surface area contributed by atoms with Crippen LogP contribution in [0.5, 0.6) is 0 Å². The summed E-state index contributed by atoms with van der Waals surface area (Å²) in [5.41, 5.74) is 4.76. The van der Waals surface area contributed by atoms with Crippen LogP contribution < -0.4 is 5.32 Å². The molecule has 1 nitrogen and oxygen atoms in total. The minimum Gasteiger partial charge on any atom is -0.376 e. The Morgan fingerprint density at radius 2 is 1.73 bits per heavy atom. The molecule has 0 atom stereocenters. The molecule has 1 aromatic rings. The van der Waals surface area contributed by atoms with Gasteiger partial charge in [0.25, 0.3) is 0 Å². The van der Waals surface area contributed by atoms with E-state index in [1.807, 2.05) is 0 Å². The van der Waals surface area contributed by atoms with E-state index in [1.165, 1.54) is 11.1 Å². The monoisotopic (exact) mass is 221 g/mol. The lowest BCUT2D eigenvalue weighted by Gasteiger charge is -2.31. The number of halogens is 1. The van der Waals surface area contributed by atoms with E-state index >= 15 is 0 Å². The molecule has 0 saturated carbocycles. The number of anilines is 1. The fourth-order valence-corrected chi connectivity index (χ4v) is 2.32. The summed E-state index contributed by atoms with van der Waals surface area (Å²) < 4.78 is 0. The van der Waals surface area contributed by atoms with Gasteiger partial charge in [0.05, 0.1) is 5.54 Å². The van der Waals surface area contributed by atoms with Gasteiger partial charge in [0, 0.05) is 16.3 Å². The van der Waals surface area contributed by atoms with E-state index in [9.17, 15) is 0 Å². The largest absolute Gasteiger partial charge is 0.376 e. The third-order valence-electron chi connectivity index (χ3n) is 2.84. The molecule has 1 aliphatic heterocycles. The van der Waals surface area contributed by atoms with Gasteiger partial charge in [-0.2, -0.15) is 0 Å². The molecule has 0 radical (unpaired) electrons. The second kappa shape index (κ2) is 3.28. The van der Waals surface area contributed by atoms with Crippen LogP contribution in [-0.2, 0) is 0 Å². The number of aryl methyl sites for hydroxylation is 2. The SMILES string of the molecule is Cc1cc2c(cc1C)C(Cl)=CC(C)(C)N2. The molecule has 0 bridgehead atoms. The maximum atomic E-state index is 6.28. The lowest BCUT2D eigenvalue weighted by molar-refractivity contribution is 0.709. The second-order valence-electron chi connectivity index (χ2n) is 4.82. The Morgan fingerprint density at radius 1 is 1.13 bits per heavy atom. The Bertz CT molecular complexity index is 444. The quantitative estimate of drug-likeness (QED) is 0.696. The Morgan fingerprint density at radius 3 is 2.40 bits per heavy atom. The summed E-state index contributed by atoms with van der Waals surface area (Å²) in [6.07, 6.45) is 2.06. The molecule has 0 saturated heterocycles. The summed E-state index contributed by atoms with van der Waals surface area (Å²) in [7, 11) is 0. The molecular weight excluding hydrogens is 206 g/mol.